The monoisotopic (exact) mass is 284 g/mol. The number of rotatable bonds is 9. The van der Waals surface area contributed by atoms with Gasteiger partial charge in [0, 0.05) is 5.75 Å². The SMILES string of the molecule is CCCCCCOc1ccc(C(O)C(O)CS)cc1. The first-order chi connectivity index (χ1) is 9.19. The van der Waals surface area contributed by atoms with Crippen molar-refractivity contribution in [2.24, 2.45) is 0 Å². The number of hydrogen-bond acceptors (Lipinski definition) is 4. The van der Waals surface area contributed by atoms with E-state index in [0.717, 1.165) is 18.8 Å². The van der Waals surface area contributed by atoms with Gasteiger partial charge in [0.2, 0.25) is 0 Å². The molecular formula is C15H24O3S. The molecule has 1 aromatic carbocycles. The van der Waals surface area contributed by atoms with E-state index in [0.29, 0.717) is 5.56 Å². The van der Waals surface area contributed by atoms with Crippen LogP contribution in [-0.2, 0) is 0 Å². The summed E-state index contributed by atoms with van der Waals surface area (Å²) in [5.74, 6) is 1.03. The fourth-order valence-electron chi connectivity index (χ4n) is 1.80. The van der Waals surface area contributed by atoms with Crippen LogP contribution < -0.4 is 4.74 Å². The summed E-state index contributed by atoms with van der Waals surface area (Å²) in [6.07, 6.45) is 2.99. The zero-order valence-corrected chi connectivity index (χ0v) is 12.4. The first-order valence-electron chi connectivity index (χ1n) is 6.88. The topological polar surface area (TPSA) is 49.7 Å². The molecule has 1 rings (SSSR count). The van der Waals surface area contributed by atoms with E-state index in [4.69, 9.17) is 4.74 Å². The van der Waals surface area contributed by atoms with Crippen molar-refractivity contribution < 1.29 is 14.9 Å². The second-order valence-corrected chi connectivity index (χ2v) is 5.04. The van der Waals surface area contributed by atoms with Crippen LogP contribution >= 0.6 is 12.6 Å². The molecule has 0 bridgehead atoms. The summed E-state index contributed by atoms with van der Waals surface area (Å²) in [4.78, 5) is 0. The standard InChI is InChI=1S/C15H24O3S/c1-2-3-4-5-10-18-13-8-6-12(7-9-13)15(17)14(16)11-19/h6-9,14-17,19H,2-5,10-11H2,1H3. The molecule has 4 heteroatoms. The Kier molecular flexibility index (Phi) is 7.94. The van der Waals surface area contributed by atoms with E-state index in [1.54, 1.807) is 12.1 Å². The van der Waals surface area contributed by atoms with Crippen LogP contribution in [0, 0.1) is 0 Å². The predicted molar refractivity (Wildman–Crippen MR) is 80.9 cm³/mol. The van der Waals surface area contributed by atoms with E-state index in [9.17, 15) is 10.2 Å². The van der Waals surface area contributed by atoms with Crippen molar-refractivity contribution in [3.8, 4) is 5.75 Å². The highest BCUT2D eigenvalue weighted by molar-refractivity contribution is 7.80. The molecule has 0 aromatic heterocycles. The zero-order chi connectivity index (χ0) is 14.1. The van der Waals surface area contributed by atoms with Gasteiger partial charge in [-0.2, -0.15) is 12.6 Å². The summed E-state index contributed by atoms with van der Waals surface area (Å²) in [5.41, 5.74) is 0.680. The number of thiol groups is 1. The Bertz CT molecular complexity index is 340. The Morgan fingerprint density at radius 2 is 1.79 bits per heavy atom. The van der Waals surface area contributed by atoms with Gasteiger partial charge in [-0.15, -0.1) is 0 Å². The van der Waals surface area contributed by atoms with Crippen molar-refractivity contribution in [2.75, 3.05) is 12.4 Å². The fourth-order valence-corrected chi connectivity index (χ4v) is 2.00. The van der Waals surface area contributed by atoms with Crippen LogP contribution in [0.3, 0.4) is 0 Å². The van der Waals surface area contributed by atoms with Crippen molar-refractivity contribution in [3.05, 3.63) is 29.8 Å². The van der Waals surface area contributed by atoms with Gasteiger partial charge >= 0.3 is 0 Å². The van der Waals surface area contributed by atoms with E-state index < -0.39 is 12.2 Å². The van der Waals surface area contributed by atoms with E-state index in [2.05, 4.69) is 19.6 Å². The highest BCUT2D eigenvalue weighted by Crippen LogP contribution is 2.21. The number of benzene rings is 1. The van der Waals surface area contributed by atoms with E-state index in [-0.39, 0.29) is 5.75 Å². The first kappa shape index (κ1) is 16.3. The Labute approximate surface area is 121 Å². The summed E-state index contributed by atoms with van der Waals surface area (Å²) < 4.78 is 5.61. The van der Waals surface area contributed by atoms with Crippen LogP contribution in [0.25, 0.3) is 0 Å². The number of hydrogen-bond donors (Lipinski definition) is 3. The molecular weight excluding hydrogens is 260 g/mol. The van der Waals surface area contributed by atoms with Gasteiger partial charge in [0.15, 0.2) is 0 Å². The van der Waals surface area contributed by atoms with Crippen LogP contribution in [-0.4, -0.2) is 28.7 Å². The van der Waals surface area contributed by atoms with Crippen LogP contribution in [0.1, 0.15) is 44.3 Å². The molecule has 2 N–H and O–H groups in total. The van der Waals surface area contributed by atoms with Gasteiger partial charge in [-0.3, -0.25) is 0 Å². The largest absolute Gasteiger partial charge is 0.494 e. The number of aliphatic hydroxyl groups excluding tert-OH is 2. The van der Waals surface area contributed by atoms with Crippen molar-refractivity contribution in [1.29, 1.82) is 0 Å². The van der Waals surface area contributed by atoms with Gasteiger partial charge in [0.05, 0.1) is 12.7 Å². The molecule has 0 amide bonds. The molecule has 0 aliphatic heterocycles. The normalized spacial score (nSPS) is 14.1. The van der Waals surface area contributed by atoms with Crippen LogP contribution in [0.5, 0.6) is 5.75 Å². The van der Waals surface area contributed by atoms with Crippen molar-refractivity contribution >= 4 is 12.6 Å². The van der Waals surface area contributed by atoms with E-state index >= 15 is 0 Å². The quantitative estimate of drug-likeness (QED) is 0.483. The maximum atomic E-state index is 9.81. The molecule has 0 heterocycles. The molecule has 0 fully saturated rings. The lowest BCUT2D eigenvalue weighted by molar-refractivity contribution is 0.0337. The lowest BCUT2D eigenvalue weighted by Crippen LogP contribution is -2.19. The molecule has 0 radical (unpaired) electrons. The highest BCUT2D eigenvalue weighted by atomic mass is 32.1. The van der Waals surface area contributed by atoms with Gasteiger partial charge in [0.1, 0.15) is 11.9 Å². The average Bonchev–Trinajstić information content (AvgIpc) is 2.46. The lowest BCUT2D eigenvalue weighted by Gasteiger charge is -2.16. The fraction of sp³-hybridized carbons (Fsp3) is 0.600. The third-order valence-electron chi connectivity index (χ3n) is 3.04. The Hall–Kier alpha value is -0.710. The molecule has 0 aliphatic carbocycles. The summed E-state index contributed by atoms with van der Waals surface area (Å²) in [6, 6.07) is 7.20. The van der Waals surface area contributed by atoms with Gasteiger partial charge in [-0.05, 0) is 24.1 Å². The van der Waals surface area contributed by atoms with Crippen LogP contribution in [0.4, 0.5) is 0 Å². The molecule has 2 atom stereocenters. The maximum Gasteiger partial charge on any atom is 0.119 e. The molecule has 108 valence electrons. The minimum Gasteiger partial charge on any atom is -0.494 e. The smallest absolute Gasteiger partial charge is 0.119 e. The third-order valence-corrected chi connectivity index (χ3v) is 3.41. The minimum absolute atomic E-state index is 0.233. The minimum atomic E-state index is -0.892. The van der Waals surface area contributed by atoms with Crippen LogP contribution in [0.2, 0.25) is 0 Å². The number of ether oxygens (including phenoxy) is 1. The van der Waals surface area contributed by atoms with Gasteiger partial charge in [-0.1, -0.05) is 38.3 Å². The highest BCUT2D eigenvalue weighted by Gasteiger charge is 2.16. The predicted octanol–water partition coefficient (Wildman–Crippen LogP) is 2.97. The van der Waals surface area contributed by atoms with E-state index in [1.165, 1.54) is 19.3 Å². The molecule has 3 nitrogen and oxygen atoms in total. The molecule has 1 aromatic rings. The molecule has 0 aliphatic rings. The maximum absolute atomic E-state index is 9.81. The first-order valence-corrected chi connectivity index (χ1v) is 7.52. The second-order valence-electron chi connectivity index (χ2n) is 4.67. The Morgan fingerprint density at radius 3 is 2.37 bits per heavy atom. The van der Waals surface area contributed by atoms with Crippen molar-refractivity contribution in [2.45, 2.75) is 44.8 Å². The summed E-state index contributed by atoms with van der Waals surface area (Å²) in [7, 11) is 0. The van der Waals surface area contributed by atoms with Crippen molar-refractivity contribution in [3.63, 3.8) is 0 Å². The van der Waals surface area contributed by atoms with Gasteiger partial charge < -0.3 is 14.9 Å². The summed E-state index contributed by atoms with van der Waals surface area (Å²) in [6.45, 7) is 2.91. The lowest BCUT2D eigenvalue weighted by atomic mass is 10.1. The number of unbranched alkanes of at least 4 members (excludes halogenated alkanes) is 3. The van der Waals surface area contributed by atoms with Gasteiger partial charge in [-0.25, -0.2) is 0 Å². The molecule has 2 unspecified atom stereocenters. The summed E-state index contributed by atoms with van der Waals surface area (Å²) >= 11 is 3.96. The zero-order valence-electron chi connectivity index (χ0n) is 11.5. The number of aliphatic hydroxyl groups is 2. The second kappa shape index (κ2) is 9.23. The van der Waals surface area contributed by atoms with Crippen LogP contribution in [0.15, 0.2) is 24.3 Å². The Balaban J connectivity index is 2.39. The van der Waals surface area contributed by atoms with E-state index in [1.807, 2.05) is 12.1 Å². The summed E-state index contributed by atoms with van der Waals surface area (Å²) in [5, 5.41) is 19.3. The Morgan fingerprint density at radius 1 is 1.11 bits per heavy atom. The third kappa shape index (κ3) is 5.85. The van der Waals surface area contributed by atoms with Gasteiger partial charge in [0.25, 0.3) is 0 Å². The average molecular weight is 284 g/mol. The molecule has 0 saturated carbocycles. The molecule has 0 saturated heterocycles. The molecule has 19 heavy (non-hydrogen) atoms. The molecule has 0 spiro atoms. The van der Waals surface area contributed by atoms with Crippen molar-refractivity contribution in [1.82, 2.24) is 0 Å².